The molecule has 122 valence electrons. The van der Waals surface area contributed by atoms with Gasteiger partial charge in [-0.3, -0.25) is 4.99 Å². The number of hydrogen-bond acceptors (Lipinski definition) is 2. The molecule has 0 heterocycles. The van der Waals surface area contributed by atoms with Crippen LogP contribution in [-0.2, 0) is 24.4 Å². The zero-order valence-electron chi connectivity index (χ0n) is 14.1. The molecule has 0 spiro atoms. The van der Waals surface area contributed by atoms with E-state index in [4.69, 9.17) is 4.74 Å². The number of guanidine groups is 1. The number of nitrogens with one attached hydrogen (secondary N) is 2. The molecule has 2 rings (SSSR count). The minimum absolute atomic E-state index is 0.646. The summed E-state index contributed by atoms with van der Waals surface area (Å²) in [5.74, 6) is 0.800. The van der Waals surface area contributed by atoms with Crippen molar-refractivity contribution in [2.75, 3.05) is 14.2 Å². The van der Waals surface area contributed by atoms with Crippen molar-refractivity contribution in [1.29, 1.82) is 0 Å². The lowest BCUT2D eigenvalue weighted by Crippen LogP contribution is -2.36. The molecule has 2 N–H and O–H groups in total. The van der Waals surface area contributed by atoms with Crippen LogP contribution >= 0.6 is 0 Å². The number of rotatable bonds is 6. The lowest BCUT2D eigenvalue weighted by Gasteiger charge is -2.13. The first-order valence-corrected chi connectivity index (χ1v) is 7.78. The van der Waals surface area contributed by atoms with E-state index in [0.717, 1.165) is 19.0 Å². The number of aliphatic imine (C=N–C) groups is 1. The molecule has 0 radical (unpaired) electrons. The normalized spacial score (nSPS) is 11.3. The third kappa shape index (κ3) is 5.42. The molecule has 0 aliphatic heterocycles. The Bertz CT molecular complexity index is 635. The predicted molar refractivity (Wildman–Crippen MR) is 95.4 cm³/mol. The van der Waals surface area contributed by atoms with E-state index < -0.39 is 0 Å². The molecule has 2 aromatic carbocycles. The third-order valence-corrected chi connectivity index (χ3v) is 3.73. The van der Waals surface area contributed by atoms with Gasteiger partial charge in [0.1, 0.15) is 0 Å². The lowest BCUT2D eigenvalue weighted by atomic mass is 10.1. The molecule has 23 heavy (non-hydrogen) atoms. The molecule has 0 aliphatic rings. The number of benzene rings is 2. The van der Waals surface area contributed by atoms with E-state index in [-0.39, 0.29) is 0 Å². The highest BCUT2D eigenvalue weighted by molar-refractivity contribution is 5.79. The molecule has 0 amide bonds. The Kier molecular flexibility index (Phi) is 6.63. The van der Waals surface area contributed by atoms with Crippen LogP contribution in [0, 0.1) is 6.92 Å². The predicted octanol–water partition coefficient (Wildman–Crippen LogP) is 3.01. The van der Waals surface area contributed by atoms with Gasteiger partial charge in [0, 0.05) is 27.2 Å². The van der Waals surface area contributed by atoms with E-state index in [9.17, 15) is 0 Å². The van der Waals surface area contributed by atoms with E-state index >= 15 is 0 Å². The number of ether oxygens (including phenoxy) is 1. The molecule has 0 saturated carbocycles. The van der Waals surface area contributed by atoms with Crippen molar-refractivity contribution in [3.8, 4) is 0 Å². The average Bonchev–Trinajstić information content (AvgIpc) is 2.58. The molecule has 0 aliphatic carbocycles. The SMILES string of the molecule is CN=C(NCc1ccc(COC)cc1)NCc1ccccc1C. The Hall–Kier alpha value is -2.33. The molecule has 4 heteroatoms. The van der Waals surface area contributed by atoms with Gasteiger partial charge in [-0.1, -0.05) is 48.5 Å². The quantitative estimate of drug-likeness (QED) is 0.637. The Balaban J connectivity index is 1.84. The van der Waals surface area contributed by atoms with Gasteiger partial charge in [-0.15, -0.1) is 0 Å². The molecule has 2 aromatic rings. The molecule has 0 fully saturated rings. The summed E-state index contributed by atoms with van der Waals surface area (Å²) in [6, 6.07) is 16.7. The van der Waals surface area contributed by atoms with Crippen molar-refractivity contribution in [1.82, 2.24) is 10.6 Å². The molecular weight excluding hydrogens is 286 g/mol. The lowest BCUT2D eigenvalue weighted by molar-refractivity contribution is 0.185. The second kappa shape index (κ2) is 8.96. The van der Waals surface area contributed by atoms with Crippen LogP contribution in [0.15, 0.2) is 53.5 Å². The van der Waals surface area contributed by atoms with Crippen LogP contribution in [0.1, 0.15) is 22.3 Å². The maximum Gasteiger partial charge on any atom is 0.191 e. The maximum atomic E-state index is 5.12. The molecule has 0 saturated heterocycles. The van der Waals surface area contributed by atoms with Crippen molar-refractivity contribution in [2.24, 2.45) is 4.99 Å². The van der Waals surface area contributed by atoms with E-state index in [1.165, 1.54) is 22.3 Å². The summed E-state index contributed by atoms with van der Waals surface area (Å²) in [6.45, 7) is 4.27. The number of methoxy groups -OCH3 is 1. The Morgan fingerprint density at radius 3 is 2.26 bits per heavy atom. The number of hydrogen-bond donors (Lipinski definition) is 2. The maximum absolute atomic E-state index is 5.12. The standard InChI is InChI=1S/C19H25N3O/c1-15-6-4-5-7-18(15)13-22-19(20-2)21-12-16-8-10-17(11-9-16)14-23-3/h4-11H,12-14H2,1-3H3,(H2,20,21,22). The monoisotopic (exact) mass is 311 g/mol. The van der Waals surface area contributed by atoms with Gasteiger partial charge in [-0.05, 0) is 29.2 Å². The Labute approximate surface area is 138 Å². The zero-order chi connectivity index (χ0) is 16.5. The largest absolute Gasteiger partial charge is 0.380 e. The van der Waals surface area contributed by atoms with Gasteiger partial charge in [-0.2, -0.15) is 0 Å². The van der Waals surface area contributed by atoms with Crippen molar-refractivity contribution in [2.45, 2.75) is 26.6 Å². The van der Waals surface area contributed by atoms with Crippen LogP contribution in [0.5, 0.6) is 0 Å². The smallest absolute Gasteiger partial charge is 0.191 e. The van der Waals surface area contributed by atoms with E-state index in [1.54, 1.807) is 14.2 Å². The third-order valence-electron chi connectivity index (χ3n) is 3.73. The van der Waals surface area contributed by atoms with Crippen LogP contribution in [0.25, 0.3) is 0 Å². The fraction of sp³-hybridized carbons (Fsp3) is 0.316. The van der Waals surface area contributed by atoms with Crippen molar-refractivity contribution >= 4 is 5.96 Å². The van der Waals surface area contributed by atoms with E-state index in [0.29, 0.717) is 6.61 Å². The Morgan fingerprint density at radius 1 is 0.957 bits per heavy atom. The molecular formula is C19H25N3O. The van der Waals surface area contributed by atoms with Crippen LogP contribution in [-0.4, -0.2) is 20.1 Å². The summed E-state index contributed by atoms with van der Waals surface area (Å²) < 4.78 is 5.12. The summed E-state index contributed by atoms with van der Waals surface area (Å²) in [6.07, 6.45) is 0. The van der Waals surface area contributed by atoms with Gasteiger partial charge in [-0.25, -0.2) is 0 Å². The number of nitrogens with zero attached hydrogens (tertiary/aromatic N) is 1. The summed E-state index contributed by atoms with van der Waals surface area (Å²) in [4.78, 5) is 4.27. The van der Waals surface area contributed by atoms with Gasteiger partial charge in [0.05, 0.1) is 6.61 Å². The van der Waals surface area contributed by atoms with Crippen LogP contribution in [0.3, 0.4) is 0 Å². The number of aryl methyl sites for hydroxylation is 1. The summed E-state index contributed by atoms with van der Waals surface area (Å²) in [7, 11) is 3.49. The fourth-order valence-electron chi connectivity index (χ4n) is 2.31. The summed E-state index contributed by atoms with van der Waals surface area (Å²) in [5.41, 5.74) is 4.95. The van der Waals surface area contributed by atoms with Crippen LogP contribution in [0.2, 0.25) is 0 Å². The molecule has 4 nitrogen and oxygen atoms in total. The average molecular weight is 311 g/mol. The second-order valence-corrected chi connectivity index (χ2v) is 5.46. The molecule has 0 bridgehead atoms. The highest BCUT2D eigenvalue weighted by Gasteiger charge is 2.01. The van der Waals surface area contributed by atoms with Gasteiger partial charge in [0.25, 0.3) is 0 Å². The molecule has 0 aromatic heterocycles. The first kappa shape index (κ1) is 17.0. The highest BCUT2D eigenvalue weighted by Crippen LogP contribution is 2.07. The van der Waals surface area contributed by atoms with E-state index in [2.05, 4.69) is 71.1 Å². The minimum atomic E-state index is 0.646. The Morgan fingerprint density at radius 2 is 1.61 bits per heavy atom. The van der Waals surface area contributed by atoms with E-state index in [1.807, 2.05) is 0 Å². The second-order valence-electron chi connectivity index (χ2n) is 5.46. The summed E-state index contributed by atoms with van der Waals surface area (Å²) in [5, 5.41) is 6.68. The first-order valence-electron chi connectivity index (χ1n) is 7.78. The van der Waals surface area contributed by atoms with Crippen LogP contribution in [0.4, 0.5) is 0 Å². The fourth-order valence-corrected chi connectivity index (χ4v) is 2.31. The topological polar surface area (TPSA) is 45.7 Å². The van der Waals surface area contributed by atoms with Gasteiger partial charge < -0.3 is 15.4 Å². The molecule has 0 atom stereocenters. The van der Waals surface area contributed by atoms with Crippen LogP contribution < -0.4 is 10.6 Å². The van der Waals surface area contributed by atoms with Crippen molar-refractivity contribution < 1.29 is 4.74 Å². The van der Waals surface area contributed by atoms with Crippen molar-refractivity contribution in [3.05, 3.63) is 70.8 Å². The van der Waals surface area contributed by atoms with Gasteiger partial charge in [0.15, 0.2) is 5.96 Å². The van der Waals surface area contributed by atoms with Crippen molar-refractivity contribution in [3.63, 3.8) is 0 Å². The zero-order valence-corrected chi connectivity index (χ0v) is 14.1. The minimum Gasteiger partial charge on any atom is -0.380 e. The van der Waals surface area contributed by atoms with Gasteiger partial charge >= 0.3 is 0 Å². The summed E-state index contributed by atoms with van der Waals surface area (Å²) >= 11 is 0. The highest BCUT2D eigenvalue weighted by atomic mass is 16.5. The molecule has 0 unspecified atom stereocenters. The van der Waals surface area contributed by atoms with Gasteiger partial charge in [0.2, 0.25) is 0 Å². The first-order chi connectivity index (χ1) is 11.2.